The van der Waals surface area contributed by atoms with Gasteiger partial charge in [-0.15, -0.1) is 0 Å². The van der Waals surface area contributed by atoms with E-state index in [9.17, 15) is 0 Å². The molecule has 18 heavy (non-hydrogen) atoms. The van der Waals surface area contributed by atoms with Gasteiger partial charge >= 0.3 is 0 Å². The monoisotopic (exact) mass is 254 g/mol. The number of ether oxygens (including phenoxy) is 1. The van der Waals surface area contributed by atoms with Gasteiger partial charge < -0.3 is 15.0 Å². The third-order valence-electron chi connectivity index (χ3n) is 4.83. The Balaban J connectivity index is 1.95. The average Bonchev–Trinajstić information content (AvgIpc) is 2.77. The van der Waals surface area contributed by atoms with Crippen LogP contribution in [0.1, 0.15) is 46.0 Å². The van der Waals surface area contributed by atoms with Gasteiger partial charge in [0.05, 0.1) is 6.10 Å². The highest BCUT2D eigenvalue weighted by Gasteiger charge is 2.36. The van der Waals surface area contributed by atoms with Crippen LogP contribution in [0, 0.1) is 5.41 Å². The summed E-state index contributed by atoms with van der Waals surface area (Å²) < 4.78 is 5.71. The second kappa shape index (κ2) is 6.36. The van der Waals surface area contributed by atoms with Crippen molar-refractivity contribution in [3.63, 3.8) is 0 Å². The van der Waals surface area contributed by atoms with Crippen molar-refractivity contribution in [2.75, 3.05) is 33.3 Å². The summed E-state index contributed by atoms with van der Waals surface area (Å²) in [6.07, 6.45) is 6.99. The lowest BCUT2D eigenvalue weighted by Crippen LogP contribution is -2.50. The lowest BCUT2D eigenvalue weighted by Gasteiger charge is -2.42. The molecule has 0 aliphatic carbocycles. The highest BCUT2D eigenvalue weighted by molar-refractivity contribution is 4.90. The zero-order chi connectivity index (χ0) is 13.0. The highest BCUT2D eigenvalue weighted by Crippen LogP contribution is 2.34. The first kappa shape index (κ1) is 14.3. The Bertz CT molecular complexity index is 245. The summed E-state index contributed by atoms with van der Waals surface area (Å²) in [5.74, 6) is 0. The van der Waals surface area contributed by atoms with Crippen molar-refractivity contribution >= 4 is 0 Å². The van der Waals surface area contributed by atoms with Crippen LogP contribution in [0.4, 0.5) is 0 Å². The van der Waals surface area contributed by atoms with E-state index in [0.717, 1.165) is 6.61 Å². The van der Waals surface area contributed by atoms with Gasteiger partial charge in [0.2, 0.25) is 0 Å². The van der Waals surface area contributed by atoms with Crippen LogP contribution in [0.25, 0.3) is 0 Å². The van der Waals surface area contributed by atoms with E-state index in [1.54, 1.807) is 0 Å². The molecular weight excluding hydrogens is 224 g/mol. The van der Waals surface area contributed by atoms with Gasteiger partial charge in [0.1, 0.15) is 0 Å². The summed E-state index contributed by atoms with van der Waals surface area (Å²) in [6, 6.07) is 0.626. The molecular formula is C15H30N2O. The number of likely N-dealkylation sites (N-methyl/N-ethyl adjacent to an activating group) is 1. The van der Waals surface area contributed by atoms with Gasteiger partial charge in [0.15, 0.2) is 0 Å². The summed E-state index contributed by atoms with van der Waals surface area (Å²) in [4.78, 5) is 2.57. The maximum atomic E-state index is 5.71. The van der Waals surface area contributed by atoms with Gasteiger partial charge in [-0.2, -0.15) is 0 Å². The Hall–Kier alpha value is -0.120. The topological polar surface area (TPSA) is 24.5 Å². The van der Waals surface area contributed by atoms with Crippen LogP contribution >= 0.6 is 0 Å². The Kier molecular flexibility index (Phi) is 5.05. The molecule has 0 bridgehead atoms. The van der Waals surface area contributed by atoms with E-state index in [2.05, 4.69) is 31.1 Å². The quantitative estimate of drug-likeness (QED) is 0.814. The zero-order valence-electron chi connectivity index (χ0n) is 12.4. The molecule has 3 atom stereocenters. The van der Waals surface area contributed by atoms with E-state index in [4.69, 9.17) is 4.74 Å². The first-order chi connectivity index (χ1) is 8.67. The molecule has 3 unspecified atom stereocenters. The number of rotatable bonds is 5. The first-order valence-electron chi connectivity index (χ1n) is 7.69. The van der Waals surface area contributed by atoms with Crippen LogP contribution in [-0.2, 0) is 4.74 Å². The van der Waals surface area contributed by atoms with Gasteiger partial charge in [0, 0.05) is 25.7 Å². The van der Waals surface area contributed by atoms with E-state index < -0.39 is 0 Å². The molecule has 0 radical (unpaired) electrons. The fourth-order valence-corrected chi connectivity index (χ4v) is 3.93. The molecule has 2 aliphatic heterocycles. The van der Waals surface area contributed by atoms with Crippen molar-refractivity contribution in [1.82, 2.24) is 10.2 Å². The van der Waals surface area contributed by atoms with Gasteiger partial charge in [-0.05, 0) is 51.6 Å². The highest BCUT2D eigenvalue weighted by atomic mass is 16.5. The Morgan fingerprint density at radius 2 is 2.28 bits per heavy atom. The molecule has 2 heterocycles. The standard InChI is InChI=1S/C15H30N2O/c1-4-7-15(8-5-9-16-11-15)12-17(3)14-6-10-18-13(14)2/h13-14,16H,4-12H2,1-3H3. The summed E-state index contributed by atoms with van der Waals surface area (Å²) in [7, 11) is 2.29. The van der Waals surface area contributed by atoms with Crippen molar-refractivity contribution in [3.05, 3.63) is 0 Å². The van der Waals surface area contributed by atoms with Crippen molar-refractivity contribution < 1.29 is 4.74 Å². The van der Waals surface area contributed by atoms with Gasteiger partial charge in [-0.1, -0.05) is 13.3 Å². The van der Waals surface area contributed by atoms with Crippen LogP contribution in [-0.4, -0.2) is 50.3 Å². The van der Waals surface area contributed by atoms with Crippen molar-refractivity contribution in [1.29, 1.82) is 0 Å². The molecule has 2 aliphatic rings. The summed E-state index contributed by atoms with van der Waals surface area (Å²) in [6.45, 7) is 9.12. The Morgan fingerprint density at radius 1 is 1.44 bits per heavy atom. The zero-order valence-corrected chi connectivity index (χ0v) is 12.4. The molecule has 0 aromatic heterocycles. The summed E-state index contributed by atoms with van der Waals surface area (Å²) >= 11 is 0. The van der Waals surface area contributed by atoms with Gasteiger partial charge in [0.25, 0.3) is 0 Å². The number of nitrogens with zero attached hydrogens (tertiary/aromatic N) is 1. The molecule has 3 heteroatoms. The van der Waals surface area contributed by atoms with Crippen LogP contribution in [0.3, 0.4) is 0 Å². The smallest absolute Gasteiger partial charge is 0.0702 e. The van der Waals surface area contributed by atoms with Gasteiger partial charge in [-0.25, -0.2) is 0 Å². The number of hydrogen-bond acceptors (Lipinski definition) is 3. The fourth-order valence-electron chi connectivity index (χ4n) is 3.93. The number of nitrogens with one attached hydrogen (secondary N) is 1. The molecule has 2 saturated heterocycles. The van der Waals surface area contributed by atoms with E-state index in [-0.39, 0.29) is 0 Å². The lowest BCUT2D eigenvalue weighted by molar-refractivity contribution is 0.0516. The summed E-state index contributed by atoms with van der Waals surface area (Å²) in [5, 5.41) is 3.61. The molecule has 0 aromatic carbocycles. The van der Waals surface area contributed by atoms with Gasteiger partial charge in [-0.3, -0.25) is 0 Å². The maximum Gasteiger partial charge on any atom is 0.0702 e. The Morgan fingerprint density at radius 3 is 2.83 bits per heavy atom. The van der Waals surface area contributed by atoms with E-state index in [1.165, 1.54) is 51.7 Å². The van der Waals surface area contributed by atoms with Crippen molar-refractivity contribution in [2.45, 2.75) is 58.1 Å². The largest absolute Gasteiger partial charge is 0.377 e. The normalized spacial score (nSPS) is 37.3. The SMILES string of the molecule is CCCC1(CN(C)C2CCOC2C)CCCNC1. The van der Waals surface area contributed by atoms with E-state index >= 15 is 0 Å². The van der Waals surface area contributed by atoms with Crippen molar-refractivity contribution in [2.24, 2.45) is 5.41 Å². The van der Waals surface area contributed by atoms with Crippen LogP contribution in [0.2, 0.25) is 0 Å². The first-order valence-corrected chi connectivity index (χ1v) is 7.69. The molecule has 0 aromatic rings. The molecule has 0 amide bonds. The minimum absolute atomic E-state index is 0.408. The Labute approximate surface area is 112 Å². The van der Waals surface area contributed by atoms with Crippen LogP contribution in [0.15, 0.2) is 0 Å². The van der Waals surface area contributed by atoms with E-state index in [1.807, 2.05) is 0 Å². The number of piperidine rings is 1. The minimum atomic E-state index is 0.408. The fraction of sp³-hybridized carbons (Fsp3) is 1.00. The van der Waals surface area contributed by atoms with Crippen molar-refractivity contribution in [3.8, 4) is 0 Å². The predicted octanol–water partition coefficient (Wildman–Crippen LogP) is 2.27. The summed E-state index contributed by atoms with van der Waals surface area (Å²) in [5.41, 5.74) is 0.504. The average molecular weight is 254 g/mol. The second-order valence-corrected chi connectivity index (χ2v) is 6.38. The molecule has 0 saturated carbocycles. The maximum absolute atomic E-state index is 5.71. The van der Waals surface area contributed by atoms with Crippen LogP contribution < -0.4 is 5.32 Å². The molecule has 106 valence electrons. The molecule has 0 spiro atoms. The minimum Gasteiger partial charge on any atom is -0.377 e. The molecule has 3 nitrogen and oxygen atoms in total. The van der Waals surface area contributed by atoms with E-state index in [0.29, 0.717) is 17.6 Å². The molecule has 2 fully saturated rings. The second-order valence-electron chi connectivity index (χ2n) is 6.38. The molecule has 1 N–H and O–H groups in total. The molecule has 2 rings (SSSR count). The third kappa shape index (κ3) is 3.25. The lowest BCUT2D eigenvalue weighted by atomic mass is 9.76. The number of hydrogen-bond donors (Lipinski definition) is 1. The third-order valence-corrected chi connectivity index (χ3v) is 4.83. The predicted molar refractivity (Wildman–Crippen MR) is 75.9 cm³/mol. The van der Waals surface area contributed by atoms with Crippen LogP contribution in [0.5, 0.6) is 0 Å².